The molecule has 0 bridgehead atoms. The maximum atomic E-state index is 12.2. The highest BCUT2D eigenvalue weighted by molar-refractivity contribution is 6.31. The number of hydroxylamine groups is 2. The van der Waals surface area contributed by atoms with Crippen LogP contribution in [0.3, 0.4) is 0 Å². The molecule has 0 spiro atoms. The normalized spacial score (nSPS) is 13.3. The summed E-state index contributed by atoms with van der Waals surface area (Å²) in [6, 6.07) is 14.0. The Kier molecular flexibility index (Phi) is 4.41. The highest BCUT2D eigenvalue weighted by atomic mass is 35.5. The van der Waals surface area contributed by atoms with E-state index >= 15 is 0 Å². The second-order valence-electron chi connectivity index (χ2n) is 6.23. The number of hydrogen-bond acceptors (Lipinski definition) is 4. The van der Waals surface area contributed by atoms with Crippen molar-refractivity contribution >= 4 is 40.3 Å². The molecular formula is C20H15ClN2O4. The number of halogens is 1. The Hall–Kier alpha value is -3.12. The van der Waals surface area contributed by atoms with Crippen LogP contribution in [0.25, 0.3) is 10.9 Å². The summed E-state index contributed by atoms with van der Waals surface area (Å²) in [6.45, 7) is 0.600. The lowest BCUT2D eigenvalue weighted by Gasteiger charge is -2.12. The Morgan fingerprint density at radius 2 is 1.70 bits per heavy atom. The topological polar surface area (TPSA) is 68.6 Å². The van der Waals surface area contributed by atoms with Crippen molar-refractivity contribution in [3.63, 3.8) is 0 Å². The van der Waals surface area contributed by atoms with Gasteiger partial charge in [0, 0.05) is 35.1 Å². The molecular weight excluding hydrogens is 368 g/mol. The van der Waals surface area contributed by atoms with Crippen molar-refractivity contribution in [1.82, 2.24) is 9.63 Å². The summed E-state index contributed by atoms with van der Waals surface area (Å²) in [5, 5.41) is 2.24. The van der Waals surface area contributed by atoms with Crippen LogP contribution in [0.4, 0.5) is 0 Å². The Morgan fingerprint density at radius 1 is 1.00 bits per heavy atom. The number of fused-ring (bicyclic) bond motifs is 2. The number of rotatable bonds is 5. The third kappa shape index (κ3) is 3.19. The average Bonchev–Trinajstić information content (AvgIpc) is 3.16. The molecule has 0 aliphatic carbocycles. The molecule has 0 saturated heterocycles. The molecule has 1 aliphatic rings. The summed E-state index contributed by atoms with van der Waals surface area (Å²) < 4.78 is 2.01. The summed E-state index contributed by atoms with van der Waals surface area (Å²) in [4.78, 5) is 41.5. The van der Waals surface area contributed by atoms with E-state index in [4.69, 9.17) is 16.4 Å². The second-order valence-corrected chi connectivity index (χ2v) is 6.67. The van der Waals surface area contributed by atoms with Gasteiger partial charge in [-0.25, -0.2) is 4.79 Å². The summed E-state index contributed by atoms with van der Waals surface area (Å²) in [5.74, 6) is -1.85. The third-order valence-corrected chi connectivity index (χ3v) is 4.70. The zero-order valence-corrected chi connectivity index (χ0v) is 15.0. The molecule has 6 nitrogen and oxygen atoms in total. The quantitative estimate of drug-likeness (QED) is 0.629. The Morgan fingerprint density at radius 3 is 2.41 bits per heavy atom. The number of carbonyl (C=O) groups is 3. The maximum absolute atomic E-state index is 12.2. The van der Waals surface area contributed by atoms with Crippen LogP contribution in [-0.2, 0) is 16.2 Å². The van der Waals surface area contributed by atoms with Gasteiger partial charge >= 0.3 is 5.97 Å². The van der Waals surface area contributed by atoms with E-state index in [1.807, 2.05) is 35.0 Å². The lowest BCUT2D eigenvalue weighted by molar-refractivity contribution is -0.168. The molecule has 2 aromatic carbocycles. The molecule has 0 fully saturated rings. The highest BCUT2D eigenvalue weighted by Gasteiger charge is 2.38. The molecule has 1 aliphatic heterocycles. The summed E-state index contributed by atoms with van der Waals surface area (Å²) in [6.07, 6.45) is 2.52. The first-order valence-electron chi connectivity index (χ1n) is 8.47. The molecule has 0 unspecified atom stereocenters. The molecule has 0 radical (unpaired) electrons. The van der Waals surface area contributed by atoms with Gasteiger partial charge in [-0.15, -0.1) is 0 Å². The van der Waals surface area contributed by atoms with Crippen LogP contribution in [-0.4, -0.2) is 27.4 Å². The Bertz CT molecular complexity index is 1040. The number of carbonyl (C=O) groups excluding carboxylic acids is 3. The van der Waals surface area contributed by atoms with E-state index in [2.05, 4.69) is 0 Å². The van der Waals surface area contributed by atoms with Crippen LogP contribution in [0.15, 0.2) is 54.7 Å². The molecule has 27 heavy (non-hydrogen) atoms. The zero-order valence-electron chi connectivity index (χ0n) is 14.2. The van der Waals surface area contributed by atoms with E-state index in [0.717, 1.165) is 10.9 Å². The predicted octanol–water partition coefficient (Wildman–Crippen LogP) is 3.83. The number of nitrogens with zero attached hydrogens (tertiary/aromatic N) is 2. The minimum Gasteiger partial charge on any atom is -0.347 e. The van der Waals surface area contributed by atoms with Crippen LogP contribution in [0.2, 0.25) is 5.02 Å². The molecule has 7 heteroatoms. The average molecular weight is 383 g/mol. The lowest BCUT2D eigenvalue weighted by Crippen LogP contribution is -2.32. The lowest BCUT2D eigenvalue weighted by atomic mass is 10.1. The maximum Gasteiger partial charge on any atom is 0.333 e. The van der Waals surface area contributed by atoms with Gasteiger partial charge in [-0.1, -0.05) is 28.8 Å². The fourth-order valence-electron chi connectivity index (χ4n) is 3.16. The summed E-state index contributed by atoms with van der Waals surface area (Å²) in [7, 11) is 0. The van der Waals surface area contributed by atoms with Crippen LogP contribution >= 0.6 is 11.6 Å². The molecule has 0 atom stereocenters. The van der Waals surface area contributed by atoms with E-state index in [1.54, 1.807) is 12.1 Å². The number of amides is 2. The molecule has 2 heterocycles. The van der Waals surface area contributed by atoms with E-state index in [1.165, 1.54) is 12.1 Å². The minimum absolute atomic E-state index is 0.0840. The molecule has 0 N–H and O–H groups in total. The van der Waals surface area contributed by atoms with Crippen LogP contribution in [0.5, 0.6) is 0 Å². The molecule has 0 saturated carbocycles. The van der Waals surface area contributed by atoms with Gasteiger partial charge in [-0.3, -0.25) is 9.59 Å². The third-order valence-electron chi connectivity index (χ3n) is 4.46. The second kappa shape index (κ2) is 6.89. The largest absolute Gasteiger partial charge is 0.347 e. The number of aromatic nitrogens is 1. The van der Waals surface area contributed by atoms with E-state index in [0.29, 0.717) is 23.1 Å². The first kappa shape index (κ1) is 17.3. The van der Waals surface area contributed by atoms with Gasteiger partial charge < -0.3 is 9.40 Å². The summed E-state index contributed by atoms with van der Waals surface area (Å²) in [5.41, 5.74) is 1.51. The van der Waals surface area contributed by atoms with E-state index < -0.39 is 17.8 Å². The monoisotopic (exact) mass is 382 g/mol. The molecule has 136 valence electrons. The van der Waals surface area contributed by atoms with Crippen molar-refractivity contribution in [3.05, 3.63) is 70.9 Å². The van der Waals surface area contributed by atoms with Crippen molar-refractivity contribution in [3.8, 4) is 0 Å². The van der Waals surface area contributed by atoms with Crippen molar-refractivity contribution in [1.29, 1.82) is 0 Å². The first-order valence-corrected chi connectivity index (χ1v) is 8.85. The van der Waals surface area contributed by atoms with Gasteiger partial charge in [-0.05, 0) is 42.8 Å². The first-order chi connectivity index (χ1) is 13.0. The molecule has 2 amide bonds. The van der Waals surface area contributed by atoms with Crippen LogP contribution in [0, 0.1) is 0 Å². The van der Waals surface area contributed by atoms with Gasteiger partial charge in [0.05, 0.1) is 11.1 Å². The fraction of sp³-hybridized carbons (Fsp3) is 0.150. The SMILES string of the molecule is O=C(CCCn1ccc2cc(Cl)ccc21)ON1C(=O)c2ccccc2C1=O. The van der Waals surface area contributed by atoms with Gasteiger partial charge in [0.1, 0.15) is 0 Å². The van der Waals surface area contributed by atoms with Crippen molar-refractivity contribution in [2.24, 2.45) is 0 Å². The fourth-order valence-corrected chi connectivity index (χ4v) is 3.34. The number of benzene rings is 2. The highest BCUT2D eigenvalue weighted by Crippen LogP contribution is 2.23. The van der Waals surface area contributed by atoms with Crippen LogP contribution < -0.4 is 0 Å². The molecule has 3 aromatic rings. The standard InChI is InChI=1S/C20H15ClN2O4/c21-14-7-8-17-13(12-14)9-11-22(17)10-3-6-18(24)27-23-19(25)15-4-1-2-5-16(15)20(23)26/h1-2,4-5,7-9,11-12H,3,6,10H2. The van der Waals surface area contributed by atoms with Crippen molar-refractivity contribution in [2.75, 3.05) is 0 Å². The zero-order chi connectivity index (χ0) is 19.0. The Balaban J connectivity index is 1.35. The minimum atomic E-state index is -0.621. The molecule has 4 rings (SSSR count). The Labute approximate surface area is 159 Å². The number of aryl methyl sites for hydroxylation is 1. The van der Waals surface area contributed by atoms with Crippen LogP contribution in [0.1, 0.15) is 33.6 Å². The van der Waals surface area contributed by atoms with Gasteiger partial charge in [0.25, 0.3) is 11.8 Å². The van der Waals surface area contributed by atoms with Gasteiger partial charge in [0.2, 0.25) is 0 Å². The number of imide groups is 1. The van der Waals surface area contributed by atoms with Crippen molar-refractivity contribution < 1.29 is 19.2 Å². The smallest absolute Gasteiger partial charge is 0.333 e. The van der Waals surface area contributed by atoms with Gasteiger partial charge in [0.15, 0.2) is 0 Å². The number of hydrogen-bond donors (Lipinski definition) is 0. The van der Waals surface area contributed by atoms with E-state index in [-0.39, 0.29) is 17.5 Å². The van der Waals surface area contributed by atoms with E-state index in [9.17, 15) is 14.4 Å². The predicted molar refractivity (Wildman–Crippen MR) is 99.2 cm³/mol. The molecule has 1 aromatic heterocycles. The van der Waals surface area contributed by atoms with Crippen molar-refractivity contribution in [2.45, 2.75) is 19.4 Å². The van der Waals surface area contributed by atoms with Gasteiger partial charge in [-0.2, -0.15) is 0 Å². The summed E-state index contributed by atoms with van der Waals surface area (Å²) >= 11 is 5.98.